The molecule has 116 valence electrons. The van der Waals surface area contributed by atoms with Gasteiger partial charge in [-0.15, -0.1) is 0 Å². The van der Waals surface area contributed by atoms with E-state index in [2.05, 4.69) is 17.4 Å². The fourth-order valence-electron chi connectivity index (χ4n) is 2.37. The molecule has 1 atom stereocenters. The van der Waals surface area contributed by atoms with Crippen LogP contribution in [0.3, 0.4) is 0 Å². The van der Waals surface area contributed by atoms with E-state index in [0.717, 1.165) is 18.4 Å². The van der Waals surface area contributed by atoms with Gasteiger partial charge in [-0.1, -0.05) is 18.5 Å². The number of hydrogen-bond donors (Lipinski definition) is 1. The van der Waals surface area contributed by atoms with Crippen molar-refractivity contribution < 1.29 is 18.8 Å². The van der Waals surface area contributed by atoms with Gasteiger partial charge in [-0.3, -0.25) is 4.79 Å². The number of aromatic nitrogens is 1. The summed E-state index contributed by atoms with van der Waals surface area (Å²) >= 11 is 0. The number of hydrogen-bond acceptors (Lipinski definition) is 5. The van der Waals surface area contributed by atoms with Crippen LogP contribution in [0.15, 0.2) is 28.8 Å². The van der Waals surface area contributed by atoms with Gasteiger partial charge in [-0.25, -0.2) is 0 Å². The second kappa shape index (κ2) is 6.09. The van der Waals surface area contributed by atoms with E-state index in [0.29, 0.717) is 17.3 Å². The van der Waals surface area contributed by atoms with Crippen LogP contribution in [0.25, 0.3) is 11.3 Å². The number of carbonyl (C=O) groups is 1. The molecule has 0 fully saturated rings. The molecule has 1 unspecified atom stereocenters. The third kappa shape index (κ3) is 2.90. The van der Waals surface area contributed by atoms with Gasteiger partial charge in [0, 0.05) is 17.7 Å². The summed E-state index contributed by atoms with van der Waals surface area (Å²) in [6, 6.07) is 7.21. The highest BCUT2D eigenvalue weighted by atomic mass is 16.7. The Morgan fingerprint density at radius 1 is 1.32 bits per heavy atom. The predicted molar refractivity (Wildman–Crippen MR) is 79.9 cm³/mol. The molecule has 2 aromatic rings. The van der Waals surface area contributed by atoms with E-state index in [1.165, 1.54) is 0 Å². The molecular weight excluding hydrogens is 284 g/mol. The molecule has 6 nitrogen and oxygen atoms in total. The largest absolute Gasteiger partial charge is 0.454 e. The molecule has 1 aliphatic rings. The second-order valence-electron chi connectivity index (χ2n) is 5.31. The lowest BCUT2D eigenvalue weighted by Gasteiger charge is -2.10. The Bertz CT molecular complexity index is 681. The van der Waals surface area contributed by atoms with Crippen LogP contribution >= 0.6 is 0 Å². The number of rotatable bonds is 5. The van der Waals surface area contributed by atoms with Crippen molar-refractivity contribution in [2.24, 2.45) is 0 Å². The van der Waals surface area contributed by atoms with Gasteiger partial charge in [0.2, 0.25) is 6.79 Å². The number of carbonyl (C=O) groups excluding carboxylic acids is 1. The van der Waals surface area contributed by atoms with Gasteiger partial charge in [0.15, 0.2) is 23.0 Å². The van der Waals surface area contributed by atoms with E-state index >= 15 is 0 Å². The fourth-order valence-corrected chi connectivity index (χ4v) is 2.37. The van der Waals surface area contributed by atoms with Gasteiger partial charge in [0.05, 0.1) is 0 Å². The van der Waals surface area contributed by atoms with Gasteiger partial charge in [-0.2, -0.15) is 0 Å². The number of ether oxygens (including phenoxy) is 2. The van der Waals surface area contributed by atoms with Gasteiger partial charge >= 0.3 is 0 Å². The summed E-state index contributed by atoms with van der Waals surface area (Å²) in [6.45, 7) is 4.27. The van der Waals surface area contributed by atoms with Crippen molar-refractivity contribution >= 4 is 5.91 Å². The van der Waals surface area contributed by atoms with Crippen molar-refractivity contribution in [2.75, 3.05) is 6.79 Å². The molecular formula is C16H18N2O4. The first-order chi connectivity index (χ1) is 10.7. The van der Waals surface area contributed by atoms with Crippen LogP contribution in [0.4, 0.5) is 0 Å². The molecule has 1 aromatic heterocycles. The number of nitrogens with one attached hydrogen (secondary N) is 1. The van der Waals surface area contributed by atoms with Gasteiger partial charge in [0.25, 0.3) is 5.91 Å². The van der Waals surface area contributed by atoms with Gasteiger partial charge in [-0.05, 0) is 31.5 Å². The minimum atomic E-state index is -0.225. The fraction of sp³-hybridized carbons (Fsp3) is 0.375. The predicted octanol–water partition coefficient (Wildman–Crippen LogP) is 2.99. The first-order valence-electron chi connectivity index (χ1n) is 7.35. The summed E-state index contributed by atoms with van der Waals surface area (Å²) in [5.41, 5.74) is 1.06. The first-order valence-corrected chi connectivity index (χ1v) is 7.35. The Morgan fingerprint density at radius 3 is 2.95 bits per heavy atom. The average molecular weight is 302 g/mol. The van der Waals surface area contributed by atoms with Gasteiger partial charge in [0.1, 0.15) is 0 Å². The molecule has 1 N–H and O–H groups in total. The van der Waals surface area contributed by atoms with E-state index in [-0.39, 0.29) is 24.4 Å². The topological polar surface area (TPSA) is 73.6 Å². The quantitative estimate of drug-likeness (QED) is 0.919. The minimum Gasteiger partial charge on any atom is -0.454 e. The number of amides is 1. The second-order valence-corrected chi connectivity index (χ2v) is 5.31. The van der Waals surface area contributed by atoms with E-state index < -0.39 is 0 Å². The first kappa shape index (κ1) is 14.4. The standard InChI is InChI=1S/C16H18N2O4/c1-3-4-10(2)17-16(19)12-8-14(22-18-12)11-5-6-13-15(7-11)21-9-20-13/h5-8,10H,3-4,9H2,1-2H3,(H,17,19). The van der Waals surface area contributed by atoms with Crippen molar-refractivity contribution in [1.29, 1.82) is 0 Å². The molecule has 0 radical (unpaired) electrons. The molecule has 1 aromatic carbocycles. The molecule has 0 saturated carbocycles. The molecule has 1 amide bonds. The summed E-state index contributed by atoms with van der Waals surface area (Å²) in [5, 5.41) is 6.74. The van der Waals surface area contributed by atoms with Crippen LogP contribution < -0.4 is 14.8 Å². The van der Waals surface area contributed by atoms with Crippen LogP contribution in [-0.4, -0.2) is 23.9 Å². The zero-order valence-electron chi connectivity index (χ0n) is 12.6. The highest BCUT2D eigenvalue weighted by Gasteiger charge is 2.18. The van der Waals surface area contributed by atoms with E-state index in [9.17, 15) is 4.79 Å². The average Bonchev–Trinajstić information content (AvgIpc) is 3.15. The molecule has 0 bridgehead atoms. The lowest BCUT2D eigenvalue weighted by atomic mass is 10.1. The van der Waals surface area contributed by atoms with Crippen LogP contribution in [0, 0.1) is 0 Å². The third-order valence-corrected chi connectivity index (χ3v) is 3.50. The van der Waals surface area contributed by atoms with E-state index in [1.54, 1.807) is 6.07 Å². The highest BCUT2D eigenvalue weighted by molar-refractivity contribution is 5.93. The summed E-state index contributed by atoms with van der Waals surface area (Å²) < 4.78 is 15.9. The maximum absolute atomic E-state index is 12.1. The Morgan fingerprint density at radius 2 is 2.14 bits per heavy atom. The SMILES string of the molecule is CCCC(C)NC(=O)c1cc(-c2ccc3c(c2)OCO3)on1. The summed E-state index contributed by atoms with van der Waals surface area (Å²) in [4.78, 5) is 12.1. The third-order valence-electron chi connectivity index (χ3n) is 3.50. The van der Waals surface area contributed by atoms with Crippen LogP contribution in [0.5, 0.6) is 11.5 Å². The monoisotopic (exact) mass is 302 g/mol. The maximum Gasteiger partial charge on any atom is 0.273 e. The summed E-state index contributed by atoms with van der Waals surface area (Å²) in [5.74, 6) is 1.66. The molecule has 6 heteroatoms. The number of nitrogens with zero attached hydrogens (tertiary/aromatic N) is 1. The molecule has 22 heavy (non-hydrogen) atoms. The van der Waals surface area contributed by atoms with Crippen molar-refractivity contribution in [1.82, 2.24) is 10.5 Å². The van der Waals surface area contributed by atoms with Crippen molar-refractivity contribution in [3.8, 4) is 22.8 Å². The maximum atomic E-state index is 12.1. The Labute approximate surface area is 128 Å². The lowest BCUT2D eigenvalue weighted by Crippen LogP contribution is -2.32. The van der Waals surface area contributed by atoms with Crippen LogP contribution in [0.2, 0.25) is 0 Å². The Balaban J connectivity index is 1.75. The molecule has 0 spiro atoms. The van der Waals surface area contributed by atoms with Crippen molar-refractivity contribution in [3.05, 3.63) is 30.0 Å². The van der Waals surface area contributed by atoms with Crippen molar-refractivity contribution in [3.63, 3.8) is 0 Å². The minimum absolute atomic E-state index is 0.114. The van der Waals surface area contributed by atoms with Crippen molar-refractivity contribution in [2.45, 2.75) is 32.7 Å². The Hall–Kier alpha value is -2.50. The normalized spacial score (nSPS) is 13.9. The zero-order valence-corrected chi connectivity index (χ0v) is 12.6. The molecule has 3 rings (SSSR count). The smallest absolute Gasteiger partial charge is 0.273 e. The van der Waals surface area contributed by atoms with Gasteiger partial charge < -0.3 is 19.3 Å². The lowest BCUT2D eigenvalue weighted by molar-refractivity contribution is 0.0929. The Kier molecular flexibility index (Phi) is 4.00. The van der Waals surface area contributed by atoms with E-state index in [1.807, 2.05) is 25.1 Å². The van der Waals surface area contributed by atoms with Crippen LogP contribution in [0.1, 0.15) is 37.2 Å². The summed E-state index contributed by atoms with van der Waals surface area (Å²) in [7, 11) is 0. The molecule has 0 aliphatic carbocycles. The highest BCUT2D eigenvalue weighted by Crippen LogP contribution is 2.35. The number of benzene rings is 1. The zero-order chi connectivity index (χ0) is 15.5. The molecule has 1 aliphatic heterocycles. The number of fused-ring (bicyclic) bond motifs is 1. The van der Waals surface area contributed by atoms with E-state index in [4.69, 9.17) is 14.0 Å². The van der Waals surface area contributed by atoms with Crippen LogP contribution in [-0.2, 0) is 0 Å². The molecule has 2 heterocycles. The molecule has 0 saturated heterocycles. The summed E-state index contributed by atoms with van der Waals surface area (Å²) in [6.07, 6.45) is 1.95.